The molecule has 0 saturated carbocycles. The summed E-state index contributed by atoms with van der Waals surface area (Å²) in [7, 11) is 3.27. The molecule has 2 rings (SSSR count). The second-order valence-corrected chi connectivity index (χ2v) is 20.5. The molecule has 90 heavy (non-hydrogen) atoms. The summed E-state index contributed by atoms with van der Waals surface area (Å²) in [5.41, 5.74) is 2.24. The molecule has 0 saturated heterocycles. The van der Waals surface area contributed by atoms with Crippen molar-refractivity contribution >= 4 is 35.8 Å². The van der Waals surface area contributed by atoms with Crippen LogP contribution in [0.2, 0.25) is 0 Å². The fraction of sp³-hybridized carbons (Fsp3) is 0.790. The number of nitrogens with one attached hydrogen (secondary N) is 3. The highest BCUT2D eigenvalue weighted by molar-refractivity contribution is 6.12. The molecule has 0 aliphatic carbocycles. The Labute approximate surface area is 533 Å². The van der Waals surface area contributed by atoms with Crippen LogP contribution in [0.5, 0.6) is 0 Å². The molecular formula is C62H109N5O23. The molecule has 0 unspecified atom stereocenters. The van der Waals surface area contributed by atoms with E-state index in [4.69, 9.17) is 85.3 Å². The van der Waals surface area contributed by atoms with Crippen molar-refractivity contribution in [2.75, 3.05) is 257 Å². The molecule has 1 aromatic rings. The topological polar surface area (TPSA) is 294 Å². The Morgan fingerprint density at radius 2 is 0.856 bits per heavy atom. The van der Waals surface area contributed by atoms with Crippen LogP contribution in [0.3, 0.4) is 0 Å². The second-order valence-electron chi connectivity index (χ2n) is 20.5. The number of amides is 4. The number of methoxy groups -OCH3 is 2. The number of nitrogens with zero attached hydrogens (tertiary/aromatic N) is 2. The van der Waals surface area contributed by atoms with Gasteiger partial charge in [0.05, 0.1) is 211 Å². The van der Waals surface area contributed by atoms with Crippen LogP contribution in [-0.2, 0) is 122 Å². The minimum Gasteiger partial charge on any atom is -0.463 e. The van der Waals surface area contributed by atoms with Gasteiger partial charge >= 0.3 is 0 Å². The predicted molar refractivity (Wildman–Crippen MR) is 331 cm³/mol. The zero-order chi connectivity index (χ0) is 65.0. The first kappa shape index (κ1) is 81.8. The van der Waals surface area contributed by atoms with Crippen molar-refractivity contribution in [3.8, 4) is 0 Å². The van der Waals surface area contributed by atoms with Gasteiger partial charge in [-0.15, -0.1) is 0 Å². The summed E-state index contributed by atoms with van der Waals surface area (Å²) in [5.74, 6) is -1.78. The summed E-state index contributed by atoms with van der Waals surface area (Å²) in [5, 5.41) is 8.76. The van der Waals surface area contributed by atoms with Gasteiger partial charge in [-0.2, -0.15) is 0 Å². The van der Waals surface area contributed by atoms with Gasteiger partial charge < -0.3 is 101 Å². The van der Waals surface area contributed by atoms with E-state index in [-0.39, 0.29) is 32.4 Å². The minimum atomic E-state index is -0.895. The van der Waals surface area contributed by atoms with E-state index in [2.05, 4.69) is 20.9 Å². The van der Waals surface area contributed by atoms with Gasteiger partial charge in [0, 0.05) is 58.4 Å². The number of ether oxygens (including phenoxy) is 18. The average Bonchev–Trinajstić information content (AvgIpc) is 1.92. The highest BCUT2D eigenvalue weighted by Crippen LogP contribution is 2.20. The van der Waals surface area contributed by atoms with Gasteiger partial charge in [0.1, 0.15) is 12.6 Å². The van der Waals surface area contributed by atoms with Gasteiger partial charge in [-0.05, 0) is 68.3 Å². The number of hydrogen-bond acceptors (Lipinski definition) is 25. The Morgan fingerprint density at radius 3 is 1.23 bits per heavy atom. The highest BCUT2D eigenvalue weighted by atomic mass is 16.6. The summed E-state index contributed by atoms with van der Waals surface area (Å²) >= 11 is 0. The highest BCUT2D eigenvalue weighted by Gasteiger charge is 2.26. The fourth-order valence-electron chi connectivity index (χ4n) is 8.22. The van der Waals surface area contributed by atoms with E-state index in [1.807, 2.05) is 26.0 Å². The number of aryl methyl sites for hydroxylation is 1. The zero-order valence-electron chi connectivity index (χ0n) is 54.5. The van der Waals surface area contributed by atoms with Gasteiger partial charge in [0.2, 0.25) is 11.8 Å². The fourth-order valence-corrected chi connectivity index (χ4v) is 8.22. The Bertz CT molecular complexity index is 1880. The van der Waals surface area contributed by atoms with Gasteiger partial charge in [-0.3, -0.25) is 34.2 Å². The van der Waals surface area contributed by atoms with Crippen molar-refractivity contribution in [1.29, 1.82) is 0 Å². The third-order valence-electron chi connectivity index (χ3n) is 13.0. The number of carbonyl (C=O) groups is 5. The van der Waals surface area contributed by atoms with Gasteiger partial charge in [-0.1, -0.05) is 19.9 Å². The summed E-state index contributed by atoms with van der Waals surface area (Å²) < 4.78 is 98.8. The number of carbonyl (C=O) groups excluding carboxylic acids is 5. The maximum absolute atomic E-state index is 13.5. The van der Waals surface area contributed by atoms with Crippen LogP contribution in [0.15, 0.2) is 30.4 Å². The number of benzene rings is 1. The van der Waals surface area contributed by atoms with Crippen LogP contribution in [-0.4, -0.2) is 304 Å². The van der Waals surface area contributed by atoms with Crippen LogP contribution < -0.4 is 16.0 Å². The first-order valence-electron chi connectivity index (χ1n) is 31.5. The minimum absolute atomic E-state index is 0.0155. The monoisotopic (exact) mass is 1290 g/mol. The Hall–Kier alpha value is -4.25. The summed E-state index contributed by atoms with van der Waals surface area (Å²) in [4.78, 5) is 65.2. The Morgan fingerprint density at radius 1 is 0.478 bits per heavy atom. The molecule has 0 spiro atoms. The Balaban J connectivity index is 1.76. The second kappa shape index (κ2) is 59.7. The van der Waals surface area contributed by atoms with Gasteiger partial charge in [0.15, 0.2) is 0 Å². The Kier molecular flexibility index (Phi) is 54.3. The normalized spacial score (nSPS) is 13.1. The lowest BCUT2D eigenvalue weighted by atomic mass is 10.0. The van der Waals surface area contributed by atoms with E-state index in [9.17, 15) is 24.0 Å². The molecule has 0 bridgehead atoms. The standard InChI is InChI=1S/C62H109N5O23/c1-53(2)60(63-51-89-20-17-67-58(69)12-13-59(67)70)62(72)64-54(3)61(71)65-57-11-10-56(50-90-52-68)55(49-57)9-6-14-66(15-7-18-75-25-27-79-33-35-83-41-43-87-47-45-85-39-37-81-31-29-77-23-21-73-4)16-8-19-76-26-28-80-34-36-84-42-44-88-48-46-86-40-38-82-32-30-78-24-22-74-5/h10-13,49,52-54,60,63H,6-9,14-48,50-51H2,1-5H3,(H,64,72)(H,65,71)/t54-,60-/m0/s1. The lowest BCUT2D eigenvalue weighted by molar-refractivity contribution is -0.137. The number of anilines is 1. The van der Waals surface area contributed by atoms with E-state index in [0.717, 1.165) is 54.9 Å². The third kappa shape index (κ3) is 45.9. The number of hydrogen-bond donors (Lipinski definition) is 3. The molecule has 1 heterocycles. The number of imide groups is 1. The number of rotatable bonds is 68. The molecule has 4 amide bonds. The lowest BCUT2D eigenvalue weighted by Gasteiger charge is -2.24. The molecule has 0 aromatic heterocycles. The van der Waals surface area contributed by atoms with Crippen molar-refractivity contribution in [2.45, 2.75) is 65.1 Å². The third-order valence-corrected chi connectivity index (χ3v) is 13.0. The average molecular weight is 1290 g/mol. The van der Waals surface area contributed by atoms with Crippen LogP contribution in [0.25, 0.3) is 0 Å². The van der Waals surface area contributed by atoms with Crippen molar-refractivity contribution < 1.29 is 109 Å². The predicted octanol–water partition coefficient (Wildman–Crippen LogP) is 1.86. The molecule has 28 nitrogen and oxygen atoms in total. The van der Waals surface area contributed by atoms with Crippen LogP contribution in [0.1, 0.15) is 51.2 Å². The first-order chi connectivity index (χ1) is 44.1. The SMILES string of the molecule is COCCOCCOCCOCCOCCOCCOCCOCCCN(CCCOCCOCCOCCOCCOCCOCCOCCOC)CCCc1cc(NC(=O)[C@H](C)NC(=O)[C@@H](NCOCCN2C(=O)C=CC2=O)C(C)C)ccc1COC=O. The van der Waals surface area contributed by atoms with Crippen LogP contribution in [0, 0.1) is 5.92 Å². The van der Waals surface area contributed by atoms with Gasteiger partial charge in [0.25, 0.3) is 18.3 Å². The lowest BCUT2D eigenvalue weighted by Crippen LogP contribution is -2.52. The van der Waals surface area contributed by atoms with E-state index in [1.54, 1.807) is 27.2 Å². The smallest absolute Gasteiger partial charge is 0.293 e. The van der Waals surface area contributed by atoms with Crippen LogP contribution >= 0.6 is 0 Å². The molecule has 1 aromatic carbocycles. The van der Waals surface area contributed by atoms with Crippen LogP contribution in [0.4, 0.5) is 5.69 Å². The molecule has 3 N–H and O–H groups in total. The summed E-state index contributed by atoms with van der Waals surface area (Å²) in [6.45, 7) is 23.0. The maximum Gasteiger partial charge on any atom is 0.293 e. The molecule has 1 aliphatic heterocycles. The van der Waals surface area contributed by atoms with E-state index in [1.165, 1.54) is 12.2 Å². The molecular weight excluding hydrogens is 1180 g/mol. The zero-order valence-corrected chi connectivity index (χ0v) is 54.5. The van der Waals surface area contributed by atoms with E-state index in [0.29, 0.717) is 217 Å². The van der Waals surface area contributed by atoms with Crippen molar-refractivity contribution in [3.63, 3.8) is 0 Å². The summed E-state index contributed by atoms with van der Waals surface area (Å²) in [6, 6.07) is 3.84. The molecule has 0 radical (unpaired) electrons. The first-order valence-corrected chi connectivity index (χ1v) is 31.5. The van der Waals surface area contributed by atoms with E-state index < -0.39 is 35.7 Å². The van der Waals surface area contributed by atoms with Crippen molar-refractivity contribution in [2.24, 2.45) is 5.92 Å². The van der Waals surface area contributed by atoms with Gasteiger partial charge in [-0.25, -0.2) is 0 Å². The molecule has 28 heteroatoms. The molecule has 0 fully saturated rings. The quantitative estimate of drug-likeness (QED) is 0.0363. The molecule has 2 atom stereocenters. The molecule has 1 aliphatic rings. The maximum atomic E-state index is 13.5. The molecule has 520 valence electrons. The van der Waals surface area contributed by atoms with Crippen molar-refractivity contribution in [3.05, 3.63) is 41.5 Å². The largest absolute Gasteiger partial charge is 0.463 e. The van der Waals surface area contributed by atoms with E-state index >= 15 is 0 Å². The summed E-state index contributed by atoms with van der Waals surface area (Å²) in [6.07, 6.45) is 5.40. The van der Waals surface area contributed by atoms with Crippen molar-refractivity contribution in [1.82, 2.24) is 20.4 Å².